The standard InChI is InChI=1S/C15H13N3O2/c1-20-14-8-12(6-7-17-14)10-18-15(19)13-4-2-11(9-16)3-5-13/h2-8H,10H2,1H3,(H,18,19). The van der Waals surface area contributed by atoms with Crippen LogP contribution in [0.4, 0.5) is 0 Å². The second-order valence-corrected chi connectivity index (χ2v) is 4.08. The van der Waals surface area contributed by atoms with Crippen molar-refractivity contribution < 1.29 is 9.53 Å². The summed E-state index contributed by atoms with van der Waals surface area (Å²) in [5.74, 6) is 0.320. The molecule has 0 radical (unpaired) electrons. The van der Waals surface area contributed by atoms with Crippen LogP contribution in [-0.4, -0.2) is 18.0 Å². The summed E-state index contributed by atoms with van der Waals surface area (Å²) in [4.78, 5) is 15.9. The number of nitrogens with one attached hydrogen (secondary N) is 1. The van der Waals surface area contributed by atoms with E-state index in [-0.39, 0.29) is 5.91 Å². The van der Waals surface area contributed by atoms with Gasteiger partial charge in [0.2, 0.25) is 5.88 Å². The fraction of sp³-hybridized carbons (Fsp3) is 0.133. The monoisotopic (exact) mass is 267 g/mol. The summed E-state index contributed by atoms with van der Waals surface area (Å²) >= 11 is 0. The lowest BCUT2D eigenvalue weighted by molar-refractivity contribution is 0.0951. The third kappa shape index (κ3) is 3.33. The van der Waals surface area contributed by atoms with Gasteiger partial charge in [0, 0.05) is 24.4 Å². The Kier molecular flexibility index (Phi) is 4.30. The summed E-state index contributed by atoms with van der Waals surface area (Å²) in [6.07, 6.45) is 1.63. The van der Waals surface area contributed by atoms with E-state index in [2.05, 4.69) is 10.3 Å². The van der Waals surface area contributed by atoms with E-state index < -0.39 is 0 Å². The maximum absolute atomic E-state index is 11.9. The van der Waals surface area contributed by atoms with Crippen molar-refractivity contribution >= 4 is 5.91 Å². The van der Waals surface area contributed by atoms with Crippen LogP contribution in [0.1, 0.15) is 21.5 Å². The van der Waals surface area contributed by atoms with Crippen molar-refractivity contribution in [2.24, 2.45) is 0 Å². The van der Waals surface area contributed by atoms with Gasteiger partial charge >= 0.3 is 0 Å². The van der Waals surface area contributed by atoms with Crippen molar-refractivity contribution in [2.45, 2.75) is 6.54 Å². The number of nitriles is 1. The molecule has 1 heterocycles. The molecule has 5 heteroatoms. The Labute approximate surface area is 116 Å². The molecule has 2 rings (SSSR count). The molecule has 0 aliphatic rings. The van der Waals surface area contributed by atoms with Gasteiger partial charge in [-0.05, 0) is 35.9 Å². The average molecular weight is 267 g/mol. The molecule has 0 saturated heterocycles. The molecule has 0 saturated carbocycles. The van der Waals surface area contributed by atoms with Gasteiger partial charge in [0.25, 0.3) is 5.91 Å². The van der Waals surface area contributed by atoms with Crippen LogP contribution in [0.2, 0.25) is 0 Å². The fourth-order valence-corrected chi connectivity index (χ4v) is 1.65. The molecule has 1 N–H and O–H groups in total. The molecule has 2 aromatic rings. The normalized spacial score (nSPS) is 9.60. The Morgan fingerprint density at radius 3 is 2.75 bits per heavy atom. The molecule has 0 unspecified atom stereocenters. The summed E-state index contributed by atoms with van der Waals surface area (Å²) in [6, 6.07) is 12.1. The van der Waals surface area contributed by atoms with Crippen LogP contribution < -0.4 is 10.1 Å². The maximum Gasteiger partial charge on any atom is 0.251 e. The van der Waals surface area contributed by atoms with Crippen molar-refractivity contribution in [3.8, 4) is 11.9 Å². The quantitative estimate of drug-likeness (QED) is 0.917. The van der Waals surface area contributed by atoms with E-state index in [4.69, 9.17) is 10.00 Å². The number of benzene rings is 1. The molecule has 0 aliphatic carbocycles. The van der Waals surface area contributed by atoms with E-state index in [0.717, 1.165) is 5.56 Å². The van der Waals surface area contributed by atoms with E-state index in [1.807, 2.05) is 12.1 Å². The van der Waals surface area contributed by atoms with Gasteiger partial charge in [-0.2, -0.15) is 5.26 Å². The minimum absolute atomic E-state index is 0.190. The topological polar surface area (TPSA) is 75.0 Å². The predicted octanol–water partition coefficient (Wildman–Crippen LogP) is 1.89. The molecule has 100 valence electrons. The zero-order valence-corrected chi connectivity index (χ0v) is 11.0. The lowest BCUT2D eigenvalue weighted by Gasteiger charge is -2.06. The SMILES string of the molecule is COc1cc(CNC(=O)c2ccc(C#N)cc2)ccn1. The number of ether oxygens (including phenoxy) is 1. The number of nitrogens with zero attached hydrogens (tertiary/aromatic N) is 2. The highest BCUT2D eigenvalue weighted by Crippen LogP contribution is 2.09. The third-order valence-corrected chi connectivity index (χ3v) is 2.74. The summed E-state index contributed by atoms with van der Waals surface area (Å²) in [5.41, 5.74) is 1.95. The Bertz CT molecular complexity index is 645. The highest BCUT2D eigenvalue weighted by Gasteiger charge is 2.05. The van der Waals surface area contributed by atoms with E-state index in [1.54, 1.807) is 43.6 Å². The second-order valence-electron chi connectivity index (χ2n) is 4.08. The van der Waals surface area contributed by atoms with Crippen LogP contribution in [-0.2, 0) is 6.54 Å². The number of hydrogen-bond acceptors (Lipinski definition) is 4. The summed E-state index contributed by atoms with van der Waals surface area (Å²) < 4.78 is 5.02. The van der Waals surface area contributed by atoms with Gasteiger partial charge in [0.15, 0.2) is 0 Å². The minimum Gasteiger partial charge on any atom is -0.481 e. The number of aromatic nitrogens is 1. The molecule has 1 amide bonds. The first-order valence-electron chi connectivity index (χ1n) is 6.00. The lowest BCUT2D eigenvalue weighted by Crippen LogP contribution is -2.22. The molecule has 0 fully saturated rings. The van der Waals surface area contributed by atoms with Gasteiger partial charge < -0.3 is 10.1 Å². The Balaban J connectivity index is 1.99. The van der Waals surface area contributed by atoms with Crippen LogP contribution >= 0.6 is 0 Å². The van der Waals surface area contributed by atoms with E-state index in [1.165, 1.54) is 0 Å². The summed E-state index contributed by atoms with van der Waals surface area (Å²) in [7, 11) is 1.54. The maximum atomic E-state index is 11.9. The zero-order chi connectivity index (χ0) is 14.4. The Morgan fingerprint density at radius 2 is 2.10 bits per heavy atom. The highest BCUT2D eigenvalue weighted by atomic mass is 16.5. The molecule has 0 spiro atoms. The highest BCUT2D eigenvalue weighted by molar-refractivity contribution is 5.94. The number of pyridine rings is 1. The Hall–Kier alpha value is -2.87. The minimum atomic E-state index is -0.190. The van der Waals surface area contributed by atoms with Crippen LogP contribution in [0, 0.1) is 11.3 Å². The van der Waals surface area contributed by atoms with Crippen molar-refractivity contribution in [2.75, 3.05) is 7.11 Å². The fourth-order valence-electron chi connectivity index (χ4n) is 1.65. The lowest BCUT2D eigenvalue weighted by atomic mass is 10.1. The van der Waals surface area contributed by atoms with Gasteiger partial charge in [-0.15, -0.1) is 0 Å². The molecule has 1 aromatic heterocycles. The largest absolute Gasteiger partial charge is 0.481 e. The molecular weight excluding hydrogens is 254 g/mol. The number of carbonyl (C=O) groups is 1. The number of hydrogen-bond donors (Lipinski definition) is 1. The average Bonchev–Trinajstić information content (AvgIpc) is 2.53. The van der Waals surface area contributed by atoms with E-state index in [0.29, 0.717) is 23.6 Å². The first-order valence-corrected chi connectivity index (χ1v) is 6.00. The summed E-state index contributed by atoms with van der Waals surface area (Å²) in [5, 5.41) is 11.5. The van der Waals surface area contributed by atoms with Crippen LogP contribution in [0.25, 0.3) is 0 Å². The van der Waals surface area contributed by atoms with Crippen molar-refractivity contribution in [1.29, 1.82) is 5.26 Å². The first-order chi connectivity index (χ1) is 9.72. The van der Waals surface area contributed by atoms with Crippen molar-refractivity contribution in [1.82, 2.24) is 10.3 Å². The van der Waals surface area contributed by atoms with Gasteiger partial charge in [-0.25, -0.2) is 4.98 Å². The number of carbonyl (C=O) groups excluding carboxylic acids is 1. The molecule has 0 atom stereocenters. The summed E-state index contributed by atoms with van der Waals surface area (Å²) in [6.45, 7) is 0.387. The third-order valence-electron chi connectivity index (χ3n) is 2.74. The number of methoxy groups -OCH3 is 1. The molecule has 5 nitrogen and oxygen atoms in total. The number of rotatable bonds is 4. The molecule has 20 heavy (non-hydrogen) atoms. The van der Waals surface area contributed by atoms with Crippen molar-refractivity contribution in [3.63, 3.8) is 0 Å². The van der Waals surface area contributed by atoms with Gasteiger partial charge in [-0.1, -0.05) is 0 Å². The smallest absolute Gasteiger partial charge is 0.251 e. The predicted molar refractivity (Wildman–Crippen MR) is 73.1 cm³/mol. The molecule has 0 aliphatic heterocycles. The molecular formula is C15H13N3O2. The molecule has 1 aromatic carbocycles. The zero-order valence-electron chi connectivity index (χ0n) is 11.0. The van der Waals surface area contributed by atoms with Crippen LogP contribution in [0.5, 0.6) is 5.88 Å². The van der Waals surface area contributed by atoms with Gasteiger partial charge in [0.05, 0.1) is 18.7 Å². The van der Waals surface area contributed by atoms with Crippen LogP contribution in [0.3, 0.4) is 0 Å². The first kappa shape index (κ1) is 13.6. The second kappa shape index (κ2) is 6.34. The number of amides is 1. The Morgan fingerprint density at radius 1 is 1.35 bits per heavy atom. The van der Waals surface area contributed by atoms with Gasteiger partial charge in [-0.3, -0.25) is 4.79 Å². The van der Waals surface area contributed by atoms with E-state index in [9.17, 15) is 4.79 Å². The van der Waals surface area contributed by atoms with Crippen molar-refractivity contribution in [3.05, 3.63) is 59.3 Å². The van der Waals surface area contributed by atoms with Gasteiger partial charge in [0.1, 0.15) is 0 Å². The van der Waals surface area contributed by atoms with E-state index >= 15 is 0 Å². The molecule has 0 bridgehead atoms. The van der Waals surface area contributed by atoms with Crippen LogP contribution in [0.15, 0.2) is 42.6 Å².